The maximum Gasteiger partial charge on any atom is 0.472 e. The Morgan fingerprint density at radius 3 is 1.67 bits per heavy atom. The summed E-state index contributed by atoms with van der Waals surface area (Å²) in [5.41, 5.74) is 0. The number of allylic oxidation sites excluding steroid dienone is 12. The Labute approximate surface area is 347 Å². The van der Waals surface area contributed by atoms with Crippen molar-refractivity contribution >= 4 is 19.8 Å². The molecule has 0 aromatic rings. The Morgan fingerprint density at radius 2 is 1.11 bits per heavy atom. The molecule has 0 aliphatic carbocycles. The molecule has 0 bridgehead atoms. The third-order valence-corrected chi connectivity index (χ3v) is 9.86. The molecular weight excluding hydrogens is 741 g/mol. The van der Waals surface area contributed by atoms with E-state index in [1.807, 2.05) is 34.1 Å². The van der Waals surface area contributed by atoms with Gasteiger partial charge in [-0.2, -0.15) is 0 Å². The molecular formula is C46H81NO9P+. The van der Waals surface area contributed by atoms with Crippen molar-refractivity contribution in [1.82, 2.24) is 0 Å². The first kappa shape index (κ1) is 54.4. The van der Waals surface area contributed by atoms with Gasteiger partial charge in [-0.1, -0.05) is 119 Å². The number of hydrogen-bond donors (Lipinski definition) is 2. The summed E-state index contributed by atoms with van der Waals surface area (Å²) in [6.07, 6.45) is 43.3. The van der Waals surface area contributed by atoms with Crippen LogP contribution >= 0.6 is 7.82 Å². The van der Waals surface area contributed by atoms with Gasteiger partial charge in [-0.3, -0.25) is 18.6 Å². The molecule has 57 heavy (non-hydrogen) atoms. The molecule has 0 radical (unpaired) electrons. The Hall–Kier alpha value is -2.59. The van der Waals surface area contributed by atoms with Crippen molar-refractivity contribution < 1.29 is 47.2 Å². The summed E-state index contributed by atoms with van der Waals surface area (Å²) >= 11 is 0. The zero-order valence-electron chi connectivity index (χ0n) is 36.4. The van der Waals surface area contributed by atoms with Gasteiger partial charge in [-0.05, 0) is 89.9 Å². The lowest BCUT2D eigenvalue weighted by Crippen LogP contribution is -2.37. The fraction of sp³-hybridized carbons (Fsp3) is 0.696. The highest BCUT2D eigenvalue weighted by molar-refractivity contribution is 7.47. The van der Waals surface area contributed by atoms with Crippen molar-refractivity contribution in [2.75, 3.05) is 47.5 Å². The van der Waals surface area contributed by atoms with Crippen molar-refractivity contribution in [2.45, 2.75) is 161 Å². The number of rotatable bonds is 38. The van der Waals surface area contributed by atoms with Gasteiger partial charge in [0.25, 0.3) is 0 Å². The Bertz CT molecular complexity index is 1220. The summed E-state index contributed by atoms with van der Waals surface area (Å²) in [5.74, 6) is -0.906. The van der Waals surface area contributed by atoms with E-state index in [1.165, 1.54) is 25.7 Å². The molecule has 0 aromatic heterocycles. The summed E-state index contributed by atoms with van der Waals surface area (Å²) < 4.78 is 34.2. The topological polar surface area (TPSA) is 129 Å². The van der Waals surface area contributed by atoms with Crippen molar-refractivity contribution in [2.24, 2.45) is 0 Å². The quantitative estimate of drug-likeness (QED) is 0.0206. The molecule has 0 spiro atoms. The van der Waals surface area contributed by atoms with Crippen LogP contribution in [0.1, 0.15) is 149 Å². The average molecular weight is 823 g/mol. The smallest absolute Gasteiger partial charge is 0.462 e. The maximum atomic E-state index is 12.7. The van der Waals surface area contributed by atoms with E-state index < -0.39 is 32.5 Å². The molecule has 2 N–H and O–H groups in total. The van der Waals surface area contributed by atoms with Crippen molar-refractivity contribution in [1.29, 1.82) is 0 Å². The lowest BCUT2D eigenvalue weighted by atomic mass is 10.1. The van der Waals surface area contributed by atoms with Gasteiger partial charge >= 0.3 is 19.8 Å². The zero-order valence-corrected chi connectivity index (χ0v) is 37.3. The maximum absolute atomic E-state index is 12.7. The van der Waals surface area contributed by atoms with Crippen LogP contribution in [-0.2, 0) is 32.7 Å². The summed E-state index contributed by atoms with van der Waals surface area (Å²) in [7, 11) is 1.40. The monoisotopic (exact) mass is 823 g/mol. The number of ether oxygens (including phenoxy) is 2. The van der Waals surface area contributed by atoms with Gasteiger partial charge < -0.3 is 24.0 Å². The molecule has 0 fully saturated rings. The predicted molar refractivity (Wildman–Crippen MR) is 235 cm³/mol. The molecule has 0 saturated heterocycles. The number of phosphoric acid groups is 1. The van der Waals surface area contributed by atoms with Gasteiger partial charge in [-0.25, -0.2) is 4.57 Å². The molecule has 0 aliphatic rings. The SMILES string of the molecule is CCCCC/C=C\C/C=C\CCCCCCCC(=O)OC[C@H](COP(=O)(O)OCC[N+](C)(C)C)OC(=O)CCC/C=C\C/C=C\C/C=C\C/C=C\CC[C@H](O)CC. The number of nitrogens with zero attached hydrogens (tertiary/aromatic N) is 1. The first-order valence-corrected chi connectivity index (χ1v) is 23.2. The molecule has 0 aliphatic heterocycles. The minimum absolute atomic E-state index is 0.00924. The first-order valence-electron chi connectivity index (χ1n) is 21.7. The molecule has 0 heterocycles. The average Bonchev–Trinajstić information content (AvgIpc) is 3.16. The van der Waals surface area contributed by atoms with Crippen LogP contribution in [-0.4, -0.2) is 86.1 Å². The fourth-order valence-electron chi connectivity index (χ4n) is 5.25. The molecule has 328 valence electrons. The highest BCUT2D eigenvalue weighted by atomic mass is 31.2. The van der Waals surface area contributed by atoms with Crippen LogP contribution < -0.4 is 0 Å². The van der Waals surface area contributed by atoms with Crippen LogP contribution in [0.4, 0.5) is 0 Å². The molecule has 0 amide bonds. The standard InChI is InChI=1S/C46H80NO9P/c1-6-8-9-10-11-12-13-14-15-19-22-25-28-31-34-37-45(49)53-41-44(42-55-57(51,52)54-40-39-47(3,4)5)56-46(50)38-35-32-29-26-23-20-17-16-18-21-24-27-30-33-36-43(48)7-2/h11-12,14-15,17-18,20-21,26-27,29-30,43-44,48H,6-10,13,16,19,22-25,28,31-42H2,1-5H3/p+1/b12-11-,15-14-,20-17-,21-18-,29-26-,30-27-/t43-,44-/m1/s1. The second-order valence-corrected chi connectivity index (χ2v) is 17.0. The van der Waals surface area contributed by atoms with Crippen LogP contribution in [0.25, 0.3) is 0 Å². The summed E-state index contributed by atoms with van der Waals surface area (Å²) in [6, 6.07) is 0. The van der Waals surface area contributed by atoms with Gasteiger partial charge in [0.2, 0.25) is 0 Å². The van der Waals surface area contributed by atoms with Gasteiger partial charge in [-0.15, -0.1) is 0 Å². The zero-order chi connectivity index (χ0) is 42.3. The minimum Gasteiger partial charge on any atom is -0.462 e. The van der Waals surface area contributed by atoms with E-state index in [1.54, 1.807) is 0 Å². The van der Waals surface area contributed by atoms with Gasteiger partial charge in [0.15, 0.2) is 6.10 Å². The number of hydrogen-bond acceptors (Lipinski definition) is 8. The van der Waals surface area contributed by atoms with Gasteiger partial charge in [0.05, 0.1) is 33.9 Å². The van der Waals surface area contributed by atoms with E-state index in [0.717, 1.165) is 77.0 Å². The minimum atomic E-state index is -4.40. The van der Waals surface area contributed by atoms with Crippen LogP contribution in [0.5, 0.6) is 0 Å². The van der Waals surface area contributed by atoms with Crippen LogP contribution in [0.2, 0.25) is 0 Å². The fourth-order valence-corrected chi connectivity index (χ4v) is 5.99. The van der Waals surface area contributed by atoms with Crippen molar-refractivity contribution in [3.8, 4) is 0 Å². The molecule has 0 aromatic carbocycles. The number of likely N-dealkylation sites (N-methyl/N-ethyl adjacent to an activating group) is 1. The number of carbonyl (C=O) groups excluding carboxylic acids is 2. The van der Waals surface area contributed by atoms with E-state index in [4.69, 9.17) is 18.5 Å². The van der Waals surface area contributed by atoms with Crippen LogP contribution in [0.15, 0.2) is 72.9 Å². The highest BCUT2D eigenvalue weighted by Gasteiger charge is 2.27. The molecule has 0 rings (SSSR count). The lowest BCUT2D eigenvalue weighted by Gasteiger charge is -2.24. The molecule has 3 atom stereocenters. The predicted octanol–water partition coefficient (Wildman–Crippen LogP) is 11.2. The van der Waals surface area contributed by atoms with E-state index >= 15 is 0 Å². The first-order chi connectivity index (χ1) is 27.4. The summed E-state index contributed by atoms with van der Waals surface area (Å²) in [6.45, 7) is 4.00. The van der Waals surface area contributed by atoms with E-state index in [0.29, 0.717) is 30.3 Å². The molecule has 1 unspecified atom stereocenters. The van der Waals surface area contributed by atoms with E-state index in [2.05, 4.69) is 73.8 Å². The molecule has 0 saturated carbocycles. The number of aliphatic hydroxyl groups excluding tert-OH is 1. The molecule has 11 heteroatoms. The summed E-state index contributed by atoms with van der Waals surface area (Å²) in [5, 5.41) is 9.57. The normalized spacial score (nSPS) is 14.9. The van der Waals surface area contributed by atoms with Crippen molar-refractivity contribution in [3.63, 3.8) is 0 Å². The Balaban J connectivity index is 4.52. The van der Waals surface area contributed by atoms with Crippen LogP contribution in [0, 0.1) is 0 Å². The second-order valence-electron chi connectivity index (χ2n) is 15.5. The second kappa shape index (κ2) is 37.7. The van der Waals surface area contributed by atoms with E-state index in [-0.39, 0.29) is 32.2 Å². The third kappa shape index (κ3) is 41.4. The van der Waals surface area contributed by atoms with Crippen LogP contribution in [0.3, 0.4) is 0 Å². The Kier molecular flexibility index (Phi) is 36.0. The van der Waals surface area contributed by atoms with E-state index in [9.17, 15) is 24.2 Å². The number of aliphatic hydroxyl groups is 1. The number of carbonyl (C=O) groups is 2. The largest absolute Gasteiger partial charge is 0.472 e. The van der Waals surface area contributed by atoms with Gasteiger partial charge in [0, 0.05) is 12.8 Å². The van der Waals surface area contributed by atoms with Crippen molar-refractivity contribution in [3.05, 3.63) is 72.9 Å². The van der Waals surface area contributed by atoms with Gasteiger partial charge in [0.1, 0.15) is 19.8 Å². The third-order valence-electron chi connectivity index (χ3n) is 8.87. The highest BCUT2D eigenvalue weighted by Crippen LogP contribution is 2.43. The Morgan fingerprint density at radius 1 is 0.614 bits per heavy atom. The summed E-state index contributed by atoms with van der Waals surface area (Å²) in [4.78, 5) is 35.3. The number of unbranched alkanes of at least 4 members (excludes halogenated alkanes) is 9. The number of phosphoric ester groups is 1. The number of quaternary nitrogens is 1. The lowest BCUT2D eigenvalue weighted by molar-refractivity contribution is -0.870. The number of esters is 2. The molecule has 10 nitrogen and oxygen atoms in total.